The molecular weight excluding hydrogens is 246 g/mol. The molecule has 0 heterocycles. The van der Waals surface area contributed by atoms with Gasteiger partial charge in [-0.3, -0.25) is 0 Å². The monoisotopic (exact) mass is 259 g/mol. The van der Waals surface area contributed by atoms with Crippen LogP contribution in [0, 0.1) is 0 Å². The number of halogens is 1. The number of hydrogen-bond donors (Lipinski definition) is 1. The van der Waals surface area contributed by atoms with E-state index in [-0.39, 0.29) is 0 Å². The van der Waals surface area contributed by atoms with Crippen LogP contribution in [0.15, 0.2) is 24.3 Å². The summed E-state index contributed by atoms with van der Waals surface area (Å²) < 4.78 is 1.08. The first kappa shape index (κ1) is 13.2. The van der Waals surface area contributed by atoms with Crippen molar-refractivity contribution in [3.05, 3.63) is 35.4 Å². The van der Waals surface area contributed by atoms with Gasteiger partial charge in [-0.05, 0) is 27.7 Å². The highest BCUT2D eigenvalue weighted by Crippen LogP contribution is 2.21. The molecule has 1 amide bonds. The number of carbonyl (C=O) groups is 1. The van der Waals surface area contributed by atoms with Gasteiger partial charge < -0.3 is 5.11 Å². The Balaban J connectivity index is 2.80. The van der Waals surface area contributed by atoms with Gasteiger partial charge in [-0.15, -0.1) is 0 Å². The zero-order valence-electron chi connectivity index (χ0n) is 9.18. The third-order valence-corrected chi connectivity index (χ3v) is 3.19. The maximum absolute atomic E-state index is 10.8. The Bertz CT molecular complexity index is 371. The van der Waals surface area contributed by atoms with Gasteiger partial charge in [0.05, 0.1) is 17.7 Å². The predicted octanol–water partition coefficient (Wildman–Crippen LogP) is 4.09. The van der Waals surface area contributed by atoms with Crippen LogP contribution in [-0.4, -0.2) is 15.5 Å². The topological polar surface area (TPSA) is 40.5 Å². The lowest BCUT2D eigenvalue weighted by atomic mass is 10.0. The van der Waals surface area contributed by atoms with Gasteiger partial charge >= 0.3 is 6.09 Å². The van der Waals surface area contributed by atoms with Gasteiger partial charge in [0.1, 0.15) is 0 Å². The van der Waals surface area contributed by atoms with Crippen LogP contribution in [-0.2, 0) is 6.54 Å². The van der Waals surface area contributed by atoms with Crippen molar-refractivity contribution in [2.24, 2.45) is 0 Å². The normalized spacial score (nSPS) is 10.5. The van der Waals surface area contributed by atoms with E-state index in [9.17, 15) is 4.79 Å². The second-order valence-electron chi connectivity index (χ2n) is 3.79. The quantitative estimate of drug-likeness (QED) is 0.828. The number of nitrogens with zero attached hydrogens (tertiary/aromatic N) is 1. The van der Waals surface area contributed by atoms with Gasteiger partial charge in [0.2, 0.25) is 0 Å². The zero-order valence-corrected chi connectivity index (χ0v) is 10.8. The lowest BCUT2D eigenvalue weighted by Crippen LogP contribution is -2.20. The second-order valence-corrected chi connectivity index (χ2v) is 4.78. The predicted molar refractivity (Wildman–Crippen MR) is 67.5 cm³/mol. The number of benzene rings is 1. The minimum absolute atomic E-state index is 0.296. The van der Waals surface area contributed by atoms with E-state index in [1.807, 2.05) is 24.3 Å². The largest absolute Gasteiger partial charge is 0.464 e. The molecule has 1 aromatic rings. The summed E-state index contributed by atoms with van der Waals surface area (Å²) in [5.74, 6) is 0.432. The molecule has 0 unspecified atom stereocenters. The van der Waals surface area contributed by atoms with E-state index in [4.69, 9.17) is 15.8 Å². The summed E-state index contributed by atoms with van der Waals surface area (Å²) in [7, 11) is 5.48. The first-order chi connectivity index (χ1) is 7.54. The molecule has 0 atom stereocenters. The first-order valence-electron chi connectivity index (χ1n) is 4.92. The maximum atomic E-state index is 10.8. The summed E-state index contributed by atoms with van der Waals surface area (Å²) in [6, 6.07) is 7.87. The van der Waals surface area contributed by atoms with Crippen molar-refractivity contribution in [1.82, 2.24) is 4.31 Å². The molecule has 16 heavy (non-hydrogen) atoms. The average Bonchev–Trinajstić information content (AvgIpc) is 2.25. The van der Waals surface area contributed by atoms with Crippen LogP contribution in [0.1, 0.15) is 30.9 Å². The molecule has 0 radical (unpaired) electrons. The van der Waals surface area contributed by atoms with E-state index in [1.54, 1.807) is 0 Å². The molecule has 0 saturated carbocycles. The van der Waals surface area contributed by atoms with Gasteiger partial charge in [-0.2, -0.15) is 0 Å². The summed E-state index contributed by atoms with van der Waals surface area (Å²) in [5.41, 5.74) is 2.14. The summed E-state index contributed by atoms with van der Waals surface area (Å²) in [5, 5.41) is 8.83. The summed E-state index contributed by atoms with van der Waals surface area (Å²) in [4.78, 5) is 10.8. The molecule has 0 saturated heterocycles. The molecule has 1 rings (SSSR count). The fourth-order valence-corrected chi connectivity index (χ4v) is 1.92. The minimum Gasteiger partial charge on any atom is -0.464 e. The lowest BCUT2D eigenvalue weighted by Gasteiger charge is -2.15. The molecule has 0 aromatic heterocycles. The molecule has 0 bridgehead atoms. The number of hydrogen-bond acceptors (Lipinski definition) is 2. The van der Waals surface area contributed by atoms with Gasteiger partial charge in [0.15, 0.2) is 0 Å². The highest BCUT2D eigenvalue weighted by molar-refractivity contribution is 8.19. The van der Waals surface area contributed by atoms with Crippen LogP contribution < -0.4 is 0 Å². The highest BCUT2D eigenvalue weighted by Gasteiger charge is 2.12. The number of rotatable bonds is 4. The molecule has 1 N–H and O–H groups in total. The van der Waals surface area contributed by atoms with Crippen molar-refractivity contribution >= 4 is 27.9 Å². The average molecular weight is 260 g/mol. The Morgan fingerprint density at radius 3 is 2.75 bits per heavy atom. The van der Waals surface area contributed by atoms with E-state index in [0.29, 0.717) is 23.6 Å². The maximum Gasteiger partial charge on any atom is 0.418 e. The fraction of sp³-hybridized carbons (Fsp3) is 0.364. The summed E-state index contributed by atoms with van der Waals surface area (Å²) >= 11 is 0.693. The number of amides is 1. The van der Waals surface area contributed by atoms with Gasteiger partial charge in [0.25, 0.3) is 0 Å². The Morgan fingerprint density at radius 2 is 2.25 bits per heavy atom. The van der Waals surface area contributed by atoms with Gasteiger partial charge in [0, 0.05) is 0 Å². The zero-order chi connectivity index (χ0) is 12.1. The highest BCUT2D eigenvalue weighted by atomic mass is 35.7. The number of carboxylic acid groups (broad SMARTS) is 1. The Morgan fingerprint density at radius 1 is 1.56 bits per heavy atom. The Hall–Kier alpha value is -0.870. The smallest absolute Gasteiger partial charge is 0.418 e. The van der Waals surface area contributed by atoms with E-state index >= 15 is 0 Å². The van der Waals surface area contributed by atoms with E-state index in [0.717, 1.165) is 9.87 Å². The summed E-state index contributed by atoms with van der Waals surface area (Å²) in [6.07, 6.45) is -1.03. The fourth-order valence-electron chi connectivity index (χ4n) is 1.34. The van der Waals surface area contributed by atoms with Crippen molar-refractivity contribution in [3.63, 3.8) is 0 Å². The van der Waals surface area contributed by atoms with Crippen molar-refractivity contribution < 1.29 is 9.90 Å². The molecule has 88 valence electrons. The third-order valence-electron chi connectivity index (χ3n) is 2.24. The van der Waals surface area contributed by atoms with Crippen molar-refractivity contribution in [2.45, 2.75) is 26.3 Å². The second kappa shape index (κ2) is 6.01. The molecular formula is C11H14ClNO2S. The molecule has 1 aromatic carbocycles. The van der Waals surface area contributed by atoms with E-state index in [1.165, 1.54) is 5.56 Å². The Kier molecular flexibility index (Phi) is 4.96. The third kappa shape index (κ3) is 3.61. The van der Waals surface area contributed by atoms with Crippen LogP contribution in [0.3, 0.4) is 0 Å². The van der Waals surface area contributed by atoms with Crippen LogP contribution in [0.25, 0.3) is 0 Å². The van der Waals surface area contributed by atoms with Gasteiger partial charge in [-0.1, -0.05) is 38.1 Å². The molecule has 0 aliphatic heterocycles. The lowest BCUT2D eigenvalue weighted by molar-refractivity contribution is 0.174. The van der Waals surface area contributed by atoms with Gasteiger partial charge in [-0.25, -0.2) is 9.10 Å². The SMILES string of the molecule is CC(C)c1cccc(CN(SCl)C(=O)O)c1. The van der Waals surface area contributed by atoms with Crippen molar-refractivity contribution in [1.29, 1.82) is 0 Å². The first-order valence-corrected chi connectivity index (χ1v) is 6.52. The van der Waals surface area contributed by atoms with Crippen molar-refractivity contribution in [3.8, 4) is 0 Å². The van der Waals surface area contributed by atoms with Crippen LogP contribution in [0.2, 0.25) is 0 Å². The molecule has 0 aliphatic carbocycles. The van der Waals surface area contributed by atoms with E-state index < -0.39 is 6.09 Å². The summed E-state index contributed by atoms with van der Waals surface area (Å²) in [6.45, 7) is 4.50. The van der Waals surface area contributed by atoms with Crippen LogP contribution in [0.4, 0.5) is 4.79 Å². The van der Waals surface area contributed by atoms with Crippen molar-refractivity contribution in [2.75, 3.05) is 0 Å². The minimum atomic E-state index is -1.03. The van der Waals surface area contributed by atoms with E-state index in [2.05, 4.69) is 13.8 Å². The van der Waals surface area contributed by atoms with Crippen LogP contribution in [0.5, 0.6) is 0 Å². The molecule has 3 nitrogen and oxygen atoms in total. The van der Waals surface area contributed by atoms with Crippen LogP contribution >= 0.6 is 21.8 Å². The standard InChI is InChI=1S/C11H14ClNO2S/c1-8(2)10-5-3-4-9(6-10)7-13(16-12)11(14)15/h3-6,8H,7H2,1-2H3,(H,14,15). The molecule has 5 heteroatoms. The Labute approximate surface area is 104 Å². The molecule has 0 spiro atoms. The molecule has 0 aliphatic rings. The molecule has 0 fully saturated rings.